The minimum absolute atomic E-state index is 0.0185. The second-order valence-electron chi connectivity index (χ2n) is 1.63. The number of nitrogens with two attached hydrogens (primary N) is 2. The van der Waals surface area contributed by atoms with Gasteiger partial charge < -0.3 is 11.5 Å². The molecule has 0 saturated heterocycles. The first-order chi connectivity index (χ1) is 4.22. The van der Waals surface area contributed by atoms with Crippen LogP contribution in [0.4, 0.5) is 15.8 Å². The molecule has 0 fully saturated rings. The van der Waals surface area contributed by atoms with Crippen molar-refractivity contribution in [2.24, 2.45) is 0 Å². The fourth-order valence-electron chi connectivity index (χ4n) is 0.478. The van der Waals surface area contributed by atoms with Gasteiger partial charge in [-0.25, -0.2) is 4.39 Å². The Bertz CT molecular complexity index is 203. The van der Waals surface area contributed by atoms with Crippen LogP contribution < -0.4 is 11.5 Å². The summed E-state index contributed by atoms with van der Waals surface area (Å²) < 4.78 is 12.4. The standard InChI is InChI=1S/C5H6FN3/c6-5-3(7)1-9-2-4(5)8/h1-2H,7-8H2. The number of anilines is 2. The monoisotopic (exact) mass is 127 g/mol. The van der Waals surface area contributed by atoms with E-state index in [1.807, 2.05) is 0 Å². The van der Waals surface area contributed by atoms with E-state index in [1.54, 1.807) is 0 Å². The molecule has 0 amide bonds. The molecule has 1 aromatic rings. The van der Waals surface area contributed by atoms with Gasteiger partial charge in [0.05, 0.1) is 23.8 Å². The molecule has 4 N–H and O–H groups in total. The molecule has 0 atom stereocenters. The summed E-state index contributed by atoms with van der Waals surface area (Å²) in [6, 6.07) is 0. The average molecular weight is 127 g/mol. The van der Waals surface area contributed by atoms with Gasteiger partial charge in [0, 0.05) is 0 Å². The van der Waals surface area contributed by atoms with Crippen molar-refractivity contribution in [3.63, 3.8) is 0 Å². The predicted molar refractivity (Wildman–Crippen MR) is 33.0 cm³/mol. The topological polar surface area (TPSA) is 64.9 Å². The number of halogens is 1. The lowest BCUT2D eigenvalue weighted by molar-refractivity contribution is 0.635. The number of nitrogen functional groups attached to an aromatic ring is 2. The Kier molecular flexibility index (Phi) is 1.22. The maximum atomic E-state index is 12.4. The third kappa shape index (κ3) is 0.910. The van der Waals surface area contributed by atoms with Crippen LogP contribution in [-0.4, -0.2) is 4.98 Å². The van der Waals surface area contributed by atoms with E-state index < -0.39 is 5.82 Å². The van der Waals surface area contributed by atoms with E-state index in [0.29, 0.717) is 0 Å². The molecule has 0 aliphatic heterocycles. The van der Waals surface area contributed by atoms with Crippen LogP contribution >= 0.6 is 0 Å². The lowest BCUT2D eigenvalue weighted by atomic mass is 10.4. The highest BCUT2D eigenvalue weighted by molar-refractivity contribution is 5.49. The molecule has 0 aliphatic carbocycles. The van der Waals surface area contributed by atoms with Gasteiger partial charge in [-0.15, -0.1) is 0 Å². The predicted octanol–water partition coefficient (Wildman–Crippen LogP) is 0.385. The van der Waals surface area contributed by atoms with Crippen molar-refractivity contribution < 1.29 is 4.39 Å². The van der Waals surface area contributed by atoms with Crippen molar-refractivity contribution in [2.75, 3.05) is 11.5 Å². The average Bonchev–Trinajstić information content (AvgIpc) is 1.83. The zero-order valence-corrected chi connectivity index (χ0v) is 4.63. The molecule has 9 heavy (non-hydrogen) atoms. The molecule has 3 nitrogen and oxygen atoms in total. The van der Waals surface area contributed by atoms with Crippen LogP contribution in [0.15, 0.2) is 12.4 Å². The molecule has 4 heteroatoms. The van der Waals surface area contributed by atoms with Crippen LogP contribution in [0.25, 0.3) is 0 Å². The summed E-state index contributed by atoms with van der Waals surface area (Å²) in [5.41, 5.74) is 10.2. The summed E-state index contributed by atoms with van der Waals surface area (Å²) in [6.45, 7) is 0. The summed E-state index contributed by atoms with van der Waals surface area (Å²) >= 11 is 0. The number of aromatic nitrogens is 1. The highest BCUT2D eigenvalue weighted by atomic mass is 19.1. The minimum Gasteiger partial charge on any atom is -0.395 e. The third-order valence-corrected chi connectivity index (χ3v) is 0.934. The lowest BCUT2D eigenvalue weighted by Crippen LogP contribution is -1.97. The van der Waals surface area contributed by atoms with Crippen molar-refractivity contribution in [1.82, 2.24) is 4.98 Å². The first-order valence-corrected chi connectivity index (χ1v) is 2.36. The van der Waals surface area contributed by atoms with Gasteiger partial charge >= 0.3 is 0 Å². The van der Waals surface area contributed by atoms with Gasteiger partial charge in [-0.05, 0) is 0 Å². The van der Waals surface area contributed by atoms with E-state index in [0.717, 1.165) is 0 Å². The maximum Gasteiger partial charge on any atom is 0.172 e. The molecule has 1 aromatic heterocycles. The second kappa shape index (κ2) is 1.89. The van der Waals surface area contributed by atoms with Crippen LogP contribution in [0.3, 0.4) is 0 Å². The van der Waals surface area contributed by atoms with Crippen molar-refractivity contribution >= 4 is 11.4 Å². The zero-order chi connectivity index (χ0) is 6.85. The van der Waals surface area contributed by atoms with Crippen molar-refractivity contribution in [2.45, 2.75) is 0 Å². The number of hydrogen-bond acceptors (Lipinski definition) is 3. The highest BCUT2D eigenvalue weighted by Gasteiger charge is 1.99. The molecule has 48 valence electrons. The van der Waals surface area contributed by atoms with Gasteiger partial charge in [0.25, 0.3) is 0 Å². The van der Waals surface area contributed by atoms with Gasteiger partial charge in [-0.3, -0.25) is 4.98 Å². The summed E-state index contributed by atoms with van der Waals surface area (Å²) in [5.74, 6) is -0.593. The molecule has 0 radical (unpaired) electrons. The van der Waals surface area contributed by atoms with Crippen LogP contribution in [0.5, 0.6) is 0 Å². The molecule has 0 unspecified atom stereocenters. The first-order valence-electron chi connectivity index (χ1n) is 2.36. The van der Waals surface area contributed by atoms with E-state index in [9.17, 15) is 4.39 Å². The Morgan fingerprint density at radius 1 is 1.22 bits per heavy atom. The Hall–Kier alpha value is -1.32. The largest absolute Gasteiger partial charge is 0.395 e. The molecule has 0 saturated carbocycles. The lowest BCUT2D eigenvalue weighted by Gasteiger charge is -1.95. The molecule has 0 bridgehead atoms. The first kappa shape index (κ1) is 5.81. The molecule has 0 aromatic carbocycles. The number of hydrogen-bond donors (Lipinski definition) is 2. The fraction of sp³-hybridized carbons (Fsp3) is 0. The van der Waals surface area contributed by atoms with Crippen LogP contribution in [0.2, 0.25) is 0 Å². The summed E-state index contributed by atoms with van der Waals surface area (Å²) in [6.07, 6.45) is 2.43. The Labute approximate surface area is 51.5 Å². The zero-order valence-electron chi connectivity index (χ0n) is 4.63. The summed E-state index contributed by atoms with van der Waals surface area (Å²) in [7, 11) is 0. The maximum absolute atomic E-state index is 12.4. The van der Waals surface area contributed by atoms with Gasteiger partial charge in [-0.2, -0.15) is 0 Å². The SMILES string of the molecule is Nc1cncc(N)c1F. The molecule has 0 aliphatic rings. The van der Waals surface area contributed by atoms with Crippen LogP contribution in [0.1, 0.15) is 0 Å². The second-order valence-corrected chi connectivity index (χ2v) is 1.63. The van der Waals surface area contributed by atoms with Crippen LogP contribution in [0, 0.1) is 5.82 Å². The molecule has 0 spiro atoms. The van der Waals surface area contributed by atoms with Gasteiger partial charge in [0.2, 0.25) is 0 Å². The molecule has 1 rings (SSSR count). The smallest absolute Gasteiger partial charge is 0.172 e. The van der Waals surface area contributed by atoms with E-state index in [4.69, 9.17) is 11.5 Å². The minimum atomic E-state index is -0.593. The van der Waals surface area contributed by atoms with E-state index >= 15 is 0 Å². The van der Waals surface area contributed by atoms with E-state index in [2.05, 4.69) is 4.98 Å². The third-order valence-electron chi connectivity index (χ3n) is 0.934. The van der Waals surface area contributed by atoms with E-state index in [-0.39, 0.29) is 11.4 Å². The van der Waals surface area contributed by atoms with Crippen molar-refractivity contribution in [3.8, 4) is 0 Å². The van der Waals surface area contributed by atoms with Crippen molar-refractivity contribution in [3.05, 3.63) is 18.2 Å². The molecular weight excluding hydrogens is 121 g/mol. The fourth-order valence-corrected chi connectivity index (χ4v) is 0.478. The summed E-state index contributed by atoms with van der Waals surface area (Å²) in [5, 5.41) is 0. The number of pyridine rings is 1. The van der Waals surface area contributed by atoms with Gasteiger partial charge in [0.1, 0.15) is 0 Å². The quantitative estimate of drug-likeness (QED) is 0.529. The Morgan fingerprint density at radius 3 is 2.00 bits per heavy atom. The Balaban J connectivity index is 3.25. The van der Waals surface area contributed by atoms with Gasteiger partial charge in [0.15, 0.2) is 5.82 Å². The molecule has 1 heterocycles. The number of rotatable bonds is 0. The normalized spacial score (nSPS) is 9.44. The molecular formula is C5H6FN3. The Morgan fingerprint density at radius 2 is 1.67 bits per heavy atom. The highest BCUT2D eigenvalue weighted by Crippen LogP contribution is 2.12. The van der Waals surface area contributed by atoms with Gasteiger partial charge in [-0.1, -0.05) is 0 Å². The van der Waals surface area contributed by atoms with Crippen molar-refractivity contribution in [1.29, 1.82) is 0 Å². The van der Waals surface area contributed by atoms with Crippen LogP contribution in [-0.2, 0) is 0 Å². The number of nitrogens with zero attached hydrogens (tertiary/aromatic N) is 1. The van der Waals surface area contributed by atoms with E-state index in [1.165, 1.54) is 12.4 Å². The summed E-state index contributed by atoms with van der Waals surface area (Å²) in [4.78, 5) is 3.55.